The van der Waals surface area contributed by atoms with Gasteiger partial charge in [0.25, 0.3) is 0 Å². The number of hydrogen-bond donors (Lipinski definition) is 1. The Bertz CT molecular complexity index is 1060. The number of alkyl halides is 3. The van der Waals surface area contributed by atoms with Crippen LogP contribution in [0.4, 0.5) is 18.2 Å². The highest BCUT2D eigenvalue weighted by molar-refractivity contribution is 9.10. The third-order valence-corrected chi connectivity index (χ3v) is 6.50. The molecule has 0 aliphatic heterocycles. The molecule has 182 valence electrons. The van der Waals surface area contributed by atoms with E-state index in [2.05, 4.69) is 26.3 Å². The van der Waals surface area contributed by atoms with Crippen molar-refractivity contribution in [2.75, 3.05) is 11.9 Å². The average Bonchev–Trinajstić information content (AvgIpc) is 3.16. The molecule has 2 aromatic heterocycles. The zero-order valence-electron chi connectivity index (χ0n) is 18.6. The zero-order valence-corrected chi connectivity index (χ0v) is 21.0. The van der Waals surface area contributed by atoms with Gasteiger partial charge in [-0.2, -0.15) is 18.3 Å². The van der Waals surface area contributed by atoms with Crippen LogP contribution < -0.4 is 5.32 Å². The molecule has 33 heavy (non-hydrogen) atoms. The van der Waals surface area contributed by atoms with Crippen LogP contribution in [0.5, 0.6) is 0 Å². The number of nitrogens with one attached hydrogen (secondary N) is 1. The predicted octanol–water partition coefficient (Wildman–Crippen LogP) is 5.11. The second-order valence-corrected chi connectivity index (χ2v) is 9.02. The molecule has 1 N–H and O–H groups in total. The first-order chi connectivity index (χ1) is 15.3. The molecule has 2 heterocycles. The van der Waals surface area contributed by atoms with Crippen LogP contribution in [0, 0.1) is 13.8 Å². The second-order valence-electron chi connectivity index (χ2n) is 7.20. The molecule has 0 saturated carbocycles. The van der Waals surface area contributed by atoms with Crippen molar-refractivity contribution in [2.24, 2.45) is 0 Å². The topological polar surface area (TPSA) is 99.5 Å². The van der Waals surface area contributed by atoms with E-state index in [4.69, 9.17) is 9.47 Å². The largest absolute Gasteiger partial charge is 0.462 e. The van der Waals surface area contributed by atoms with E-state index in [9.17, 15) is 27.6 Å². The molecule has 0 aromatic carbocycles. The van der Waals surface area contributed by atoms with E-state index in [1.54, 1.807) is 27.7 Å². The van der Waals surface area contributed by atoms with Crippen molar-refractivity contribution < 1.29 is 37.0 Å². The molecular weight excluding hydrogens is 531 g/mol. The summed E-state index contributed by atoms with van der Waals surface area (Å²) in [5.41, 5.74) is -0.525. The summed E-state index contributed by atoms with van der Waals surface area (Å²) in [5, 5.41) is 6.19. The number of carbonyl (C=O) groups excluding carboxylic acids is 3. The van der Waals surface area contributed by atoms with Crippen molar-refractivity contribution in [3.63, 3.8) is 0 Å². The van der Waals surface area contributed by atoms with Gasteiger partial charge < -0.3 is 14.8 Å². The summed E-state index contributed by atoms with van der Waals surface area (Å²) in [7, 11) is 0. The predicted molar refractivity (Wildman–Crippen MR) is 118 cm³/mol. The van der Waals surface area contributed by atoms with Gasteiger partial charge in [0.05, 0.1) is 35.0 Å². The Morgan fingerprint density at radius 1 is 1.21 bits per heavy atom. The highest BCUT2D eigenvalue weighted by Gasteiger charge is 2.38. The van der Waals surface area contributed by atoms with Crippen LogP contribution in [0.25, 0.3) is 0 Å². The van der Waals surface area contributed by atoms with Gasteiger partial charge in [0.15, 0.2) is 5.69 Å². The number of aryl methyl sites for hydroxylation is 1. The molecule has 0 aliphatic rings. The Kier molecular flexibility index (Phi) is 8.69. The normalized spacial score (nSPS) is 11.6. The van der Waals surface area contributed by atoms with E-state index in [1.807, 2.05) is 0 Å². The minimum absolute atomic E-state index is 0.0301. The molecule has 0 unspecified atom stereocenters. The van der Waals surface area contributed by atoms with Crippen LogP contribution in [0.15, 0.2) is 4.47 Å². The van der Waals surface area contributed by atoms with E-state index in [0.29, 0.717) is 5.56 Å². The summed E-state index contributed by atoms with van der Waals surface area (Å²) in [4.78, 5) is 37.5. The minimum Gasteiger partial charge on any atom is -0.462 e. The lowest BCUT2D eigenvalue weighted by molar-refractivity contribution is -0.142. The number of aromatic nitrogens is 2. The fourth-order valence-electron chi connectivity index (χ4n) is 2.83. The lowest BCUT2D eigenvalue weighted by Crippen LogP contribution is -2.18. The maximum atomic E-state index is 13.0. The van der Waals surface area contributed by atoms with Crippen molar-refractivity contribution in [2.45, 2.75) is 59.9 Å². The maximum absolute atomic E-state index is 13.0. The first-order valence-corrected chi connectivity index (χ1v) is 11.5. The number of amides is 1. The standard InChI is InChI=1S/C20H23BrF3N3O5S/c1-6-31-19(30)15-10(4)13(18(29)32-9(2)3)17(33-15)25-12(28)7-8-27-11(5)14(21)16(26-27)20(22,23)24/h9H,6-8H2,1-5H3,(H,25,28). The summed E-state index contributed by atoms with van der Waals surface area (Å²) in [6.45, 7) is 7.93. The summed E-state index contributed by atoms with van der Waals surface area (Å²) < 4.78 is 50.2. The number of halogens is 4. The molecule has 2 rings (SSSR count). The Balaban J connectivity index is 2.25. The summed E-state index contributed by atoms with van der Waals surface area (Å²) in [5.74, 6) is -1.94. The first-order valence-electron chi connectivity index (χ1n) is 9.89. The van der Waals surface area contributed by atoms with Crippen molar-refractivity contribution in [3.8, 4) is 0 Å². The van der Waals surface area contributed by atoms with Gasteiger partial charge >= 0.3 is 18.1 Å². The molecule has 0 fully saturated rings. The molecule has 0 spiro atoms. The van der Waals surface area contributed by atoms with Gasteiger partial charge in [0.1, 0.15) is 9.88 Å². The van der Waals surface area contributed by atoms with Gasteiger partial charge in [-0.25, -0.2) is 9.59 Å². The summed E-state index contributed by atoms with van der Waals surface area (Å²) in [6, 6.07) is 0. The van der Waals surface area contributed by atoms with E-state index in [-0.39, 0.29) is 45.2 Å². The third-order valence-electron chi connectivity index (χ3n) is 4.36. The highest BCUT2D eigenvalue weighted by atomic mass is 79.9. The molecule has 13 heteroatoms. The number of nitrogens with zero attached hydrogens (tertiary/aromatic N) is 2. The zero-order chi connectivity index (χ0) is 25.1. The average molecular weight is 554 g/mol. The van der Waals surface area contributed by atoms with Crippen LogP contribution in [-0.4, -0.2) is 40.3 Å². The summed E-state index contributed by atoms with van der Waals surface area (Å²) in [6.07, 6.45) is -5.30. The van der Waals surface area contributed by atoms with Crippen molar-refractivity contribution in [3.05, 3.63) is 31.9 Å². The summed E-state index contributed by atoms with van der Waals surface area (Å²) >= 11 is 3.75. The third kappa shape index (κ3) is 6.34. The number of ether oxygens (including phenoxy) is 2. The lowest BCUT2D eigenvalue weighted by atomic mass is 10.1. The number of rotatable bonds is 8. The van der Waals surface area contributed by atoms with Crippen LogP contribution in [0.3, 0.4) is 0 Å². The molecule has 2 aromatic rings. The van der Waals surface area contributed by atoms with Gasteiger partial charge in [-0.3, -0.25) is 9.48 Å². The quantitative estimate of drug-likeness (QED) is 0.456. The van der Waals surface area contributed by atoms with Gasteiger partial charge in [0.2, 0.25) is 5.91 Å². The first kappa shape index (κ1) is 26.8. The minimum atomic E-state index is -4.64. The molecule has 0 atom stereocenters. The Morgan fingerprint density at radius 3 is 2.36 bits per heavy atom. The van der Waals surface area contributed by atoms with Crippen LogP contribution in [-0.2, 0) is 27.0 Å². The van der Waals surface area contributed by atoms with Gasteiger partial charge in [-0.05, 0) is 56.1 Å². The van der Waals surface area contributed by atoms with Crippen LogP contribution in [0.2, 0.25) is 0 Å². The fourth-order valence-corrected chi connectivity index (χ4v) is 4.45. The second kappa shape index (κ2) is 10.7. The van der Waals surface area contributed by atoms with E-state index < -0.39 is 35.8 Å². The van der Waals surface area contributed by atoms with Crippen molar-refractivity contribution in [1.82, 2.24) is 9.78 Å². The van der Waals surface area contributed by atoms with Crippen molar-refractivity contribution >= 4 is 50.1 Å². The van der Waals surface area contributed by atoms with E-state index in [1.165, 1.54) is 6.92 Å². The Hall–Kier alpha value is -2.41. The van der Waals surface area contributed by atoms with E-state index in [0.717, 1.165) is 16.0 Å². The molecule has 0 bridgehead atoms. The monoisotopic (exact) mass is 553 g/mol. The number of anilines is 1. The number of esters is 2. The highest BCUT2D eigenvalue weighted by Crippen LogP contribution is 2.36. The Labute approximate surface area is 200 Å². The van der Waals surface area contributed by atoms with Crippen LogP contribution in [0.1, 0.15) is 64.2 Å². The van der Waals surface area contributed by atoms with Crippen molar-refractivity contribution in [1.29, 1.82) is 0 Å². The fraction of sp³-hybridized carbons (Fsp3) is 0.500. The molecule has 1 amide bonds. The van der Waals surface area contributed by atoms with Gasteiger partial charge in [0, 0.05) is 6.42 Å². The van der Waals surface area contributed by atoms with E-state index >= 15 is 0 Å². The molecule has 0 aliphatic carbocycles. The molecule has 8 nitrogen and oxygen atoms in total. The van der Waals surface area contributed by atoms with Crippen LogP contribution >= 0.6 is 27.3 Å². The molecule has 0 radical (unpaired) electrons. The molecular formula is C20H23BrF3N3O5S. The lowest BCUT2D eigenvalue weighted by Gasteiger charge is -2.10. The number of thiophene rings is 1. The van der Waals surface area contributed by atoms with Gasteiger partial charge in [-0.1, -0.05) is 0 Å². The van der Waals surface area contributed by atoms with Gasteiger partial charge in [-0.15, -0.1) is 11.3 Å². The SMILES string of the molecule is CCOC(=O)c1sc(NC(=O)CCn2nc(C(F)(F)F)c(Br)c2C)c(C(=O)OC(C)C)c1C. The molecule has 0 saturated heterocycles. The smallest absolute Gasteiger partial charge is 0.436 e. The number of carbonyl (C=O) groups is 3. The number of hydrogen-bond acceptors (Lipinski definition) is 7. The Morgan fingerprint density at radius 2 is 1.85 bits per heavy atom. The maximum Gasteiger partial charge on any atom is 0.436 e.